The van der Waals surface area contributed by atoms with Gasteiger partial charge in [-0.2, -0.15) is 0 Å². The Morgan fingerprint density at radius 2 is 2.12 bits per heavy atom. The number of benzene rings is 1. The molecule has 0 heterocycles. The molecule has 6 heteroatoms. The lowest BCUT2D eigenvalue weighted by Gasteiger charge is -2.11. The average molecular weight is 274 g/mol. The predicted octanol–water partition coefficient (Wildman–Crippen LogP) is 2.09. The zero-order chi connectivity index (χ0) is 13.0. The molecule has 0 aliphatic rings. The SMILES string of the molecule is CSc1ccc(Cl)c(C(=O)O[C@H](C)C(N)=O)c1. The molecule has 0 aliphatic heterocycles. The maximum Gasteiger partial charge on any atom is 0.340 e. The molecular formula is C11H12ClNO3S. The molecule has 0 radical (unpaired) electrons. The van der Waals surface area contributed by atoms with Crippen LogP contribution in [-0.4, -0.2) is 24.2 Å². The zero-order valence-corrected chi connectivity index (χ0v) is 11.0. The second kappa shape index (κ2) is 5.93. The molecule has 0 saturated carbocycles. The van der Waals surface area contributed by atoms with Crippen LogP contribution < -0.4 is 5.73 Å². The van der Waals surface area contributed by atoms with Crippen LogP contribution in [0.3, 0.4) is 0 Å². The lowest BCUT2D eigenvalue weighted by Crippen LogP contribution is -2.30. The number of carbonyl (C=O) groups excluding carboxylic acids is 2. The highest BCUT2D eigenvalue weighted by atomic mass is 35.5. The molecule has 0 aliphatic carbocycles. The van der Waals surface area contributed by atoms with Crippen molar-refractivity contribution in [1.29, 1.82) is 0 Å². The fourth-order valence-electron chi connectivity index (χ4n) is 1.07. The Morgan fingerprint density at radius 1 is 1.47 bits per heavy atom. The molecule has 1 aromatic rings. The van der Waals surface area contributed by atoms with Gasteiger partial charge in [-0.25, -0.2) is 4.79 Å². The fraction of sp³-hybridized carbons (Fsp3) is 0.273. The van der Waals surface area contributed by atoms with E-state index in [1.165, 1.54) is 18.7 Å². The molecule has 0 bridgehead atoms. The van der Waals surface area contributed by atoms with E-state index >= 15 is 0 Å². The van der Waals surface area contributed by atoms with E-state index in [1.807, 2.05) is 6.26 Å². The van der Waals surface area contributed by atoms with Gasteiger partial charge in [-0.3, -0.25) is 4.79 Å². The van der Waals surface area contributed by atoms with Crippen LogP contribution in [0.5, 0.6) is 0 Å². The van der Waals surface area contributed by atoms with Crippen molar-refractivity contribution in [3.8, 4) is 0 Å². The van der Waals surface area contributed by atoms with Gasteiger partial charge in [-0.15, -0.1) is 11.8 Å². The van der Waals surface area contributed by atoms with Crippen molar-refractivity contribution in [3.63, 3.8) is 0 Å². The number of ether oxygens (including phenoxy) is 1. The quantitative estimate of drug-likeness (QED) is 0.674. The van der Waals surface area contributed by atoms with Crippen molar-refractivity contribution < 1.29 is 14.3 Å². The Bertz CT molecular complexity index is 450. The molecule has 4 nitrogen and oxygen atoms in total. The third-order valence-corrected chi connectivity index (χ3v) is 3.13. The van der Waals surface area contributed by atoms with Gasteiger partial charge in [0.05, 0.1) is 10.6 Å². The number of thioether (sulfide) groups is 1. The molecule has 1 rings (SSSR count). The van der Waals surface area contributed by atoms with Gasteiger partial charge in [0.15, 0.2) is 6.10 Å². The highest BCUT2D eigenvalue weighted by Gasteiger charge is 2.18. The molecule has 92 valence electrons. The number of halogens is 1. The summed E-state index contributed by atoms with van der Waals surface area (Å²) >= 11 is 7.36. The van der Waals surface area contributed by atoms with Crippen LogP contribution in [0.15, 0.2) is 23.1 Å². The number of hydrogen-bond acceptors (Lipinski definition) is 4. The summed E-state index contributed by atoms with van der Waals surface area (Å²) in [5.41, 5.74) is 5.23. The summed E-state index contributed by atoms with van der Waals surface area (Å²) in [5.74, 6) is -1.35. The summed E-state index contributed by atoms with van der Waals surface area (Å²) in [7, 11) is 0. The van der Waals surface area contributed by atoms with Gasteiger partial charge < -0.3 is 10.5 Å². The Labute approximate surface area is 108 Å². The predicted molar refractivity (Wildman–Crippen MR) is 67.3 cm³/mol. The van der Waals surface area contributed by atoms with Crippen LogP contribution in [-0.2, 0) is 9.53 Å². The molecule has 1 amide bonds. The molecule has 17 heavy (non-hydrogen) atoms. The molecule has 0 unspecified atom stereocenters. The number of primary amides is 1. The van der Waals surface area contributed by atoms with Crippen LogP contribution in [0.25, 0.3) is 0 Å². The van der Waals surface area contributed by atoms with Gasteiger partial charge in [-0.05, 0) is 31.4 Å². The van der Waals surface area contributed by atoms with E-state index in [-0.39, 0.29) is 10.6 Å². The van der Waals surface area contributed by atoms with Gasteiger partial charge in [0, 0.05) is 4.90 Å². The molecule has 1 aromatic carbocycles. The van der Waals surface area contributed by atoms with Crippen LogP contribution >= 0.6 is 23.4 Å². The Balaban J connectivity index is 2.91. The Kier molecular flexibility index (Phi) is 4.84. The highest BCUT2D eigenvalue weighted by molar-refractivity contribution is 7.98. The number of esters is 1. The van der Waals surface area contributed by atoms with E-state index < -0.39 is 18.0 Å². The maximum absolute atomic E-state index is 11.7. The van der Waals surface area contributed by atoms with Gasteiger partial charge in [0.1, 0.15) is 0 Å². The number of hydrogen-bond donors (Lipinski definition) is 1. The fourth-order valence-corrected chi connectivity index (χ4v) is 1.70. The molecule has 0 fully saturated rings. The van der Waals surface area contributed by atoms with Crippen LogP contribution in [0.2, 0.25) is 5.02 Å². The molecule has 1 atom stereocenters. The van der Waals surface area contributed by atoms with Crippen molar-refractivity contribution in [2.45, 2.75) is 17.9 Å². The van der Waals surface area contributed by atoms with Gasteiger partial charge in [0.2, 0.25) is 0 Å². The molecular weight excluding hydrogens is 262 g/mol. The standard InChI is InChI=1S/C11H12ClNO3S/c1-6(10(13)14)16-11(15)8-5-7(17-2)3-4-9(8)12/h3-6H,1-2H3,(H2,13,14)/t6-/m1/s1. The minimum absolute atomic E-state index is 0.228. The summed E-state index contributed by atoms with van der Waals surface area (Å²) in [5, 5.41) is 0.282. The second-order valence-corrected chi connectivity index (χ2v) is 4.58. The Hall–Kier alpha value is -1.20. The number of carbonyl (C=O) groups is 2. The van der Waals surface area contributed by atoms with E-state index in [9.17, 15) is 9.59 Å². The van der Waals surface area contributed by atoms with Crippen molar-refractivity contribution >= 4 is 35.2 Å². The first-order chi connectivity index (χ1) is 7.95. The molecule has 0 spiro atoms. The van der Waals surface area contributed by atoms with Crippen LogP contribution in [0.4, 0.5) is 0 Å². The number of nitrogens with two attached hydrogens (primary N) is 1. The molecule has 2 N–H and O–H groups in total. The van der Waals surface area contributed by atoms with E-state index in [4.69, 9.17) is 22.1 Å². The lowest BCUT2D eigenvalue weighted by atomic mass is 10.2. The van der Waals surface area contributed by atoms with Crippen molar-refractivity contribution in [2.24, 2.45) is 5.73 Å². The van der Waals surface area contributed by atoms with Crippen molar-refractivity contribution in [1.82, 2.24) is 0 Å². The second-order valence-electron chi connectivity index (χ2n) is 3.30. The largest absolute Gasteiger partial charge is 0.449 e. The summed E-state index contributed by atoms with van der Waals surface area (Å²) < 4.78 is 4.87. The number of amides is 1. The molecule has 0 saturated heterocycles. The first-order valence-corrected chi connectivity index (χ1v) is 6.39. The average Bonchev–Trinajstić information content (AvgIpc) is 2.29. The van der Waals surface area contributed by atoms with E-state index in [0.29, 0.717) is 0 Å². The summed E-state index contributed by atoms with van der Waals surface area (Å²) in [6, 6.07) is 5.02. The normalized spacial score (nSPS) is 11.9. The first-order valence-electron chi connectivity index (χ1n) is 4.79. The van der Waals surface area contributed by atoms with Crippen molar-refractivity contribution in [2.75, 3.05) is 6.26 Å². The Morgan fingerprint density at radius 3 is 2.65 bits per heavy atom. The summed E-state index contributed by atoms with van der Waals surface area (Å²) in [6.45, 7) is 1.41. The zero-order valence-electron chi connectivity index (χ0n) is 9.40. The monoisotopic (exact) mass is 273 g/mol. The first kappa shape index (κ1) is 13.9. The van der Waals surface area contributed by atoms with Crippen molar-refractivity contribution in [3.05, 3.63) is 28.8 Å². The third-order valence-electron chi connectivity index (χ3n) is 2.08. The lowest BCUT2D eigenvalue weighted by molar-refractivity contribution is -0.125. The van der Waals surface area contributed by atoms with E-state index in [1.54, 1.807) is 18.2 Å². The minimum atomic E-state index is -0.975. The van der Waals surface area contributed by atoms with Gasteiger partial charge in [-0.1, -0.05) is 11.6 Å². The summed E-state index contributed by atoms with van der Waals surface area (Å²) in [4.78, 5) is 23.4. The maximum atomic E-state index is 11.7. The summed E-state index contributed by atoms with van der Waals surface area (Å²) in [6.07, 6.45) is 0.904. The number of rotatable bonds is 4. The topological polar surface area (TPSA) is 69.4 Å². The highest BCUT2D eigenvalue weighted by Crippen LogP contribution is 2.23. The van der Waals surface area contributed by atoms with Gasteiger partial charge >= 0.3 is 5.97 Å². The molecule has 0 aromatic heterocycles. The van der Waals surface area contributed by atoms with Crippen LogP contribution in [0, 0.1) is 0 Å². The third kappa shape index (κ3) is 3.64. The smallest absolute Gasteiger partial charge is 0.340 e. The van der Waals surface area contributed by atoms with Gasteiger partial charge in [0.25, 0.3) is 5.91 Å². The minimum Gasteiger partial charge on any atom is -0.449 e. The van der Waals surface area contributed by atoms with E-state index in [0.717, 1.165) is 4.90 Å². The van der Waals surface area contributed by atoms with E-state index in [2.05, 4.69) is 0 Å². The van der Waals surface area contributed by atoms with Crippen LogP contribution in [0.1, 0.15) is 17.3 Å².